The highest BCUT2D eigenvalue weighted by molar-refractivity contribution is 5.89. The van der Waals surface area contributed by atoms with Crippen molar-refractivity contribution in [3.05, 3.63) is 47.5 Å². The van der Waals surface area contributed by atoms with E-state index in [9.17, 15) is 70.6 Å². The summed E-state index contributed by atoms with van der Waals surface area (Å²) in [6.45, 7) is 14.4. The molecule has 1 aromatic rings. The third-order valence-electron chi connectivity index (χ3n) is 20.8. The Balaban J connectivity index is 1.02. The number of aliphatic hydroxyl groups is 10. The lowest BCUT2D eigenvalue weighted by Gasteiger charge is -2.72. The third kappa shape index (κ3) is 9.57. The zero-order chi connectivity index (χ0) is 57.0. The third-order valence-corrected chi connectivity index (χ3v) is 20.8. The van der Waals surface area contributed by atoms with Gasteiger partial charge in [0.05, 0.1) is 36.4 Å². The number of fused-ring (bicyclic) bond motifs is 7. The second-order valence-electron chi connectivity index (χ2n) is 25.7. The second-order valence-corrected chi connectivity index (χ2v) is 25.7. The summed E-state index contributed by atoms with van der Waals surface area (Å²) in [5.74, 6) is -3.34. The Hall–Kier alpha value is -3.27. The van der Waals surface area contributed by atoms with Crippen LogP contribution in [0.15, 0.2) is 42.0 Å². The van der Waals surface area contributed by atoms with E-state index in [1.165, 1.54) is 6.92 Å². The molecular weight excluding hydrogens is 1020 g/mol. The van der Waals surface area contributed by atoms with Crippen molar-refractivity contribution < 1.29 is 108 Å². The lowest BCUT2D eigenvalue weighted by molar-refractivity contribution is -0.392. The Morgan fingerprint density at radius 1 is 0.718 bits per heavy atom. The van der Waals surface area contributed by atoms with Gasteiger partial charge in [0.1, 0.15) is 79.9 Å². The van der Waals surface area contributed by atoms with Crippen LogP contribution in [0.5, 0.6) is 0 Å². The summed E-state index contributed by atoms with van der Waals surface area (Å²) < 4.78 is 48.4. The molecule has 22 nitrogen and oxygen atoms in total. The molecule has 438 valence electrons. The zero-order valence-electron chi connectivity index (χ0n) is 45.6. The summed E-state index contributed by atoms with van der Waals surface area (Å²) >= 11 is 0. The van der Waals surface area contributed by atoms with Crippen LogP contribution in [0, 0.1) is 50.2 Å². The van der Waals surface area contributed by atoms with Crippen LogP contribution in [0.25, 0.3) is 0 Å². The summed E-state index contributed by atoms with van der Waals surface area (Å²) in [7, 11) is 0. The van der Waals surface area contributed by atoms with Gasteiger partial charge in [-0.2, -0.15) is 0 Å². The summed E-state index contributed by atoms with van der Waals surface area (Å²) in [5, 5.41) is 122. The van der Waals surface area contributed by atoms with Gasteiger partial charge in [-0.3, -0.25) is 4.79 Å². The molecule has 9 rings (SSSR count). The van der Waals surface area contributed by atoms with Crippen LogP contribution in [0.4, 0.5) is 0 Å². The number of carbonyl (C=O) groups is 3. The molecule has 3 aliphatic heterocycles. The predicted molar refractivity (Wildman–Crippen MR) is 268 cm³/mol. The van der Waals surface area contributed by atoms with Crippen molar-refractivity contribution in [2.75, 3.05) is 19.8 Å². The molecule has 4 saturated carbocycles. The molecule has 8 aliphatic rings. The van der Waals surface area contributed by atoms with Gasteiger partial charge < -0.3 is 94.1 Å². The van der Waals surface area contributed by atoms with Gasteiger partial charge in [0.2, 0.25) is 0 Å². The monoisotopic (exact) mass is 1110 g/mol. The van der Waals surface area contributed by atoms with Crippen LogP contribution in [0.2, 0.25) is 0 Å². The van der Waals surface area contributed by atoms with Crippen molar-refractivity contribution in [1.82, 2.24) is 0 Å². The first-order chi connectivity index (χ1) is 36.5. The first-order valence-electron chi connectivity index (χ1n) is 27.4. The van der Waals surface area contributed by atoms with E-state index in [2.05, 4.69) is 40.7 Å². The standard InChI is InChI=1S/C56H82O22/c1-25(58)72-24-56-28(20-51(2,3)45(44(56)67)78-47(70)26-12-10-9-11-13-26)27-14-15-32-53(6)18-17-34(52(4,5)31(53)16-19-54(32,7)55(27,8)21-33(56)60)74-50-43(77-49-39(65)37(63)36(62)30(22-57)73-49)41(40(66)42(76-50)46(68)69)75-48-38(64)35(61)29(59)23-71-48/h9-14,28-45,48-50,57,59-67H,15-24H2,1-8H3,(H,68,69)/t28?,29-,30-,31+,32-,33-,34+,35+,36+,37+,38-,39-,40+,41+,42+,43-,44+,45+,48+,49+,50-,53+,54-,55-,56+/m1/s1. The van der Waals surface area contributed by atoms with Gasteiger partial charge in [-0.1, -0.05) is 78.3 Å². The number of aliphatic carboxylic acids is 1. The molecule has 0 spiro atoms. The van der Waals surface area contributed by atoms with E-state index >= 15 is 0 Å². The minimum Gasteiger partial charge on any atom is -0.479 e. The van der Waals surface area contributed by atoms with Crippen molar-refractivity contribution >= 4 is 17.9 Å². The highest BCUT2D eigenvalue weighted by Gasteiger charge is 2.73. The number of rotatable bonds is 12. The Kier molecular flexibility index (Phi) is 16.3. The van der Waals surface area contributed by atoms with E-state index in [0.717, 1.165) is 5.57 Å². The lowest BCUT2D eigenvalue weighted by Crippen LogP contribution is -2.72. The fourth-order valence-corrected chi connectivity index (χ4v) is 16.3. The van der Waals surface area contributed by atoms with E-state index in [1.54, 1.807) is 30.3 Å². The minimum absolute atomic E-state index is 0.0281. The van der Waals surface area contributed by atoms with E-state index in [0.29, 0.717) is 44.1 Å². The first kappa shape index (κ1) is 59.4. The average molecular weight is 1110 g/mol. The molecule has 1 unspecified atom stereocenters. The number of esters is 2. The summed E-state index contributed by atoms with van der Waals surface area (Å²) in [6.07, 6.45) is -24.1. The summed E-state index contributed by atoms with van der Waals surface area (Å²) in [5.41, 5.74) is -3.02. The Bertz CT molecular complexity index is 2380. The maximum absolute atomic E-state index is 13.6. The van der Waals surface area contributed by atoms with Crippen molar-refractivity contribution in [1.29, 1.82) is 0 Å². The number of benzene rings is 1. The summed E-state index contributed by atoms with van der Waals surface area (Å²) in [4.78, 5) is 39.1. The fraction of sp³-hybridized carbons (Fsp3) is 0.804. The number of carboxylic acids is 1. The molecule has 0 radical (unpaired) electrons. The normalized spacial score (nSPS) is 48.6. The minimum atomic E-state index is -2.10. The number of carbonyl (C=O) groups excluding carboxylic acids is 2. The maximum atomic E-state index is 13.6. The van der Waals surface area contributed by atoms with Gasteiger partial charge in [-0.05, 0) is 96.5 Å². The number of aliphatic hydroxyl groups excluding tert-OH is 10. The highest BCUT2D eigenvalue weighted by atomic mass is 16.8. The van der Waals surface area contributed by atoms with E-state index in [1.807, 2.05) is 13.8 Å². The zero-order valence-corrected chi connectivity index (χ0v) is 45.6. The quantitative estimate of drug-likeness (QED) is 0.0779. The number of allylic oxidation sites excluding steroid dienone is 2. The van der Waals surface area contributed by atoms with Crippen LogP contribution in [-0.2, 0) is 47.5 Å². The molecule has 5 aliphatic carbocycles. The molecule has 11 N–H and O–H groups in total. The van der Waals surface area contributed by atoms with Gasteiger partial charge in [0, 0.05) is 12.3 Å². The van der Waals surface area contributed by atoms with Crippen molar-refractivity contribution in [2.45, 2.75) is 211 Å². The van der Waals surface area contributed by atoms with Gasteiger partial charge in [-0.25, -0.2) is 9.59 Å². The molecule has 7 fully saturated rings. The van der Waals surface area contributed by atoms with Gasteiger partial charge in [0.25, 0.3) is 0 Å². The largest absolute Gasteiger partial charge is 0.479 e. The van der Waals surface area contributed by atoms with Crippen LogP contribution in [0.3, 0.4) is 0 Å². The highest BCUT2D eigenvalue weighted by Crippen LogP contribution is 2.76. The molecule has 0 amide bonds. The van der Waals surface area contributed by atoms with E-state index < -0.39 is 175 Å². The fourth-order valence-electron chi connectivity index (χ4n) is 16.3. The van der Waals surface area contributed by atoms with Gasteiger partial charge >= 0.3 is 17.9 Å². The average Bonchev–Trinajstić information content (AvgIpc) is 3.13. The number of ether oxygens (including phenoxy) is 8. The number of carboxylic acid groups (broad SMARTS) is 1. The molecule has 3 heterocycles. The molecule has 0 aromatic heterocycles. The molecular formula is C56H82O22. The molecule has 0 bridgehead atoms. The predicted octanol–water partition coefficient (Wildman–Crippen LogP) is 0.693. The second kappa shape index (κ2) is 21.5. The van der Waals surface area contributed by atoms with Crippen LogP contribution >= 0.6 is 0 Å². The molecule has 22 heteroatoms. The molecule has 3 saturated heterocycles. The van der Waals surface area contributed by atoms with Crippen molar-refractivity contribution in [3.63, 3.8) is 0 Å². The Labute approximate surface area is 453 Å². The molecule has 1 aromatic carbocycles. The van der Waals surface area contributed by atoms with Crippen LogP contribution in [-0.4, -0.2) is 204 Å². The smallest absolute Gasteiger partial charge is 0.338 e. The summed E-state index contributed by atoms with van der Waals surface area (Å²) in [6, 6.07) is 8.48. The van der Waals surface area contributed by atoms with Crippen LogP contribution < -0.4 is 0 Å². The van der Waals surface area contributed by atoms with Gasteiger partial charge in [-0.15, -0.1) is 0 Å². The number of hydrogen-bond acceptors (Lipinski definition) is 21. The maximum Gasteiger partial charge on any atom is 0.338 e. The van der Waals surface area contributed by atoms with E-state index in [-0.39, 0.29) is 30.3 Å². The topological polar surface area (TPSA) is 348 Å². The lowest BCUT2D eigenvalue weighted by atomic mass is 9.33. The SMILES string of the molecule is CC(=O)OC[C@@]12C(CC(C)(C)[C@@H](OC(=O)c3ccccc3)[C@@H]1O)C1=CC[C@@H]3[C@@]4(C)CC[C@H](O[C@@H]5O[C@H](C(=O)O)[C@@H](O)[C@H](O[C@@H]6OC[C@@H](O)[C@H](O)[C@H]6O)[C@H]5O[C@@H]5O[C@H](CO)[C@H](O)[C@H](O)[C@H]5O)C(C)(C)[C@@H]4CC[C@@]3(C)[C@]1(C)C[C@H]2O. The molecule has 78 heavy (non-hydrogen) atoms. The van der Waals surface area contributed by atoms with Gasteiger partial charge in [0.15, 0.2) is 25.0 Å². The van der Waals surface area contributed by atoms with E-state index in [4.69, 9.17) is 37.9 Å². The Morgan fingerprint density at radius 2 is 1.38 bits per heavy atom. The molecule has 25 atom stereocenters. The van der Waals surface area contributed by atoms with Crippen molar-refractivity contribution in [3.8, 4) is 0 Å². The van der Waals surface area contributed by atoms with Crippen LogP contribution in [0.1, 0.15) is 111 Å². The Morgan fingerprint density at radius 3 is 2.04 bits per heavy atom. The van der Waals surface area contributed by atoms with Crippen molar-refractivity contribution in [2.24, 2.45) is 50.2 Å². The first-order valence-corrected chi connectivity index (χ1v) is 27.4. The number of hydrogen-bond donors (Lipinski definition) is 11.